The fraction of sp³-hybridized carbons (Fsp3) is 0.167. The molecule has 0 unspecified atom stereocenters. The SMILES string of the molecule is CC(=O)N(C)c1cnc2ccccc2c1. The summed E-state index contributed by atoms with van der Waals surface area (Å²) < 4.78 is 0. The van der Waals surface area contributed by atoms with E-state index in [1.165, 1.54) is 6.92 Å². The van der Waals surface area contributed by atoms with E-state index in [0.717, 1.165) is 16.6 Å². The highest BCUT2D eigenvalue weighted by atomic mass is 16.2. The average Bonchev–Trinajstić information content (AvgIpc) is 2.27. The molecule has 0 fully saturated rings. The summed E-state index contributed by atoms with van der Waals surface area (Å²) in [4.78, 5) is 17.1. The number of fused-ring (bicyclic) bond motifs is 1. The van der Waals surface area contributed by atoms with E-state index in [9.17, 15) is 4.79 Å². The van der Waals surface area contributed by atoms with Crippen molar-refractivity contribution < 1.29 is 4.79 Å². The molecule has 2 rings (SSSR count). The van der Waals surface area contributed by atoms with Crippen LogP contribution in [-0.2, 0) is 4.79 Å². The second-order valence-corrected chi connectivity index (χ2v) is 3.46. The Bertz CT molecular complexity index is 508. The van der Waals surface area contributed by atoms with Crippen molar-refractivity contribution >= 4 is 22.5 Å². The van der Waals surface area contributed by atoms with Gasteiger partial charge in [0.05, 0.1) is 17.4 Å². The fourth-order valence-electron chi connectivity index (χ4n) is 1.42. The van der Waals surface area contributed by atoms with Crippen LogP contribution in [-0.4, -0.2) is 17.9 Å². The monoisotopic (exact) mass is 200 g/mol. The zero-order valence-corrected chi connectivity index (χ0v) is 8.77. The normalized spacial score (nSPS) is 10.3. The first-order chi connectivity index (χ1) is 7.18. The predicted octanol–water partition coefficient (Wildman–Crippen LogP) is 2.22. The molecule has 0 spiro atoms. The van der Waals surface area contributed by atoms with Gasteiger partial charge in [-0.1, -0.05) is 18.2 Å². The summed E-state index contributed by atoms with van der Waals surface area (Å²) in [7, 11) is 1.74. The number of pyridine rings is 1. The minimum Gasteiger partial charge on any atom is -0.314 e. The summed E-state index contributed by atoms with van der Waals surface area (Å²) in [6.45, 7) is 1.54. The molecule has 1 heterocycles. The van der Waals surface area contributed by atoms with E-state index in [2.05, 4.69) is 4.98 Å². The van der Waals surface area contributed by atoms with Gasteiger partial charge in [0.1, 0.15) is 0 Å². The van der Waals surface area contributed by atoms with Crippen molar-refractivity contribution in [2.45, 2.75) is 6.92 Å². The van der Waals surface area contributed by atoms with Crippen molar-refractivity contribution in [3.8, 4) is 0 Å². The van der Waals surface area contributed by atoms with Gasteiger partial charge in [0.15, 0.2) is 0 Å². The van der Waals surface area contributed by atoms with E-state index in [-0.39, 0.29) is 5.91 Å². The van der Waals surface area contributed by atoms with Gasteiger partial charge in [-0.2, -0.15) is 0 Å². The Morgan fingerprint density at radius 3 is 2.80 bits per heavy atom. The third-order valence-electron chi connectivity index (χ3n) is 2.44. The second kappa shape index (κ2) is 3.69. The number of para-hydroxylation sites is 1. The number of benzene rings is 1. The maximum Gasteiger partial charge on any atom is 0.223 e. The van der Waals surface area contributed by atoms with Crippen LogP contribution in [0.1, 0.15) is 6.92 Å². The molecule has 0 N–H and O–H groups in total. The molecule has 0 bridgehead atoms. The van der Waals surface area contributed by atoms with Gasteiger partial charge < -0.3 is 4.90 Å². The third kappa shape index (κ3) is 1.81. The molecule has 1 aromatic heterocycles. The minimum absolute atomic E-state index is 0.00656. The summed E-state index contributed by atoms with van der Waals surface area (Å²) in [5.74, 6) is 0.00656. The molecule has 0 saturated heterocycles. The molecule has 1 amide bonds. The van der Waals surface area contributed by atoms with Gasteiger partial charge in [-0.3, -0.25) is 9.78 Å². The van der Waals surface area contributed by atoms with Crippen LogP contribution >= 0.6 is 0 Å². The highest BCUT2D eigenvalue weighted by molar-refractivity contribution is 5.93. The molecule has 0 radical (unpaired) electrons. The third-order valence-corrected chi connectivity index (χ3v) is 2.44. The van der Waals surface area contributed by atoms with E-state index < -0.39 is 0 Å². The quantitative estimate of drug-likeness (QED) is 0.707. The number of carbonyl (C=O) groups is 1. The second-order valence-electron chi connectivity index (χ2n) is 3.46. The van der Waals surface area contributed by atoms with Gasteiger partial charge in [0.2, 0.25) is 5.91 Å². The molecule has 0 saturated carbocycles. The molecule has 0 atom stereocenters. The lowest BCUT2D eigenvalue weighted by molar-refractivity contribution is -0.116. The van der Waals surface area contributed by atoms with Crippen LogP contribution in [0.15, 0.2) is 36.5 Å². The average molecular weight is 200 g/mol. The van der Waals surface area contributed by atoms with Gasteiger partial charge in [0.25, 0.3) is 0 Å². The Morgan fingerprint density at radius 1 is 1.33 bits per heavy atom. The molecular formula is C12H12N2O. The molecule has 0 aliphatic heterocycles. The standard InChI is InChI=1S/C12H12N2O/c1-9(15)14(2)11-7-10-5-3-4-6-12(10)13-8-11/h3-8H,1-2H3. The predicted molar refractivity (Wildman–Crippen MR) is 60.8 cm³/mol. The zero-order valence-electron chi connectivity index (χ0n) is 8.77. The number of hydrogen-bond acceptors (Lipinski definition) is 2. The van der Waals surface area contributed by atoms with Crippen molar-refractivity contribution in [2.24, 2.45) is 0 Å². The zero-order chi connectivity index (χ0) is 10.8. The van der Waals surface area contributed by atoms with Crippen molar-refractivity contribution in [1.29, 1.82) is 0 Å². The number of amides is 1. The molecule has 3 heteroatoms. The summed E-state index contributed by atoms with van der Waals surface area (Å²) in [5, 5.41) is 1.04. The number of nitrogens with zero attached hydrogens (tertiary/aromatic N) is 2. The lowest BCUT2D eigenvalue weighted by Crippen LogP contribution is -2.22. The number of rotatable bonds is 1. The Labute approximate surface area is 88.3 Å². The van der Waals surface area contributed by atoms with Gasteiger partial charge in [-0.25, -0.2) is 0 Å². The van der Waals surface area contributed by atoms with E-state index in [4.69, 9.17) is 0 Å². The summed E-state index contributed by atoms with van der Waals surface area (Å²) in [6.07, 6.45) is 1.71. The molecule has 3 nitrogen and oxygen atoms in total. The van der Waals surface area contributed by atoms with Crippen molar-refractivity contribution in [3.05, 3.63) is 36.5 Å². The first-order valence-electron chi connectivity index (χ1n) is 4.77. The summed E-state index contributed by atoms with van der Waals surface area (Å²) in [5.41, 5.74) is 1.76. The maximum absolute atomic E-state index is 11.2. The largest absolute Gasteiger partial charge is 0.314 e. The molecule has 2 aromatic rings. The maximum atomic E-state index is 11.2. The molecule has 1 aromatic carbocycles. The number of aromatic nitrogens is 1. The van der Waals surface area contributed by atoms with E-state index in [0.29, 0.717) is 0 Å². The molecule has 0 aliphatic rings. The van der Waals surface area contributed by atoms with Crippen LogP contribution < -0.4 is 4.90 Å². The number of anilines is 1. The van der Waals surface area contributed by atoms with E-state index >= 15 is 0 Å². The van der Waals surface area contributed by atoms with E-state index in [1.807, 2.05) is 30.3 Å². The Morgan fingerprint density at radius 2 is 2.07 bits per heavy atom. The van der Waals surface area contributed by atoms with Gasteiger partial charge in [-0.05, 0) is 12.1 Å². The number of carbonyl (C=O) groups excluding carboxylic acids is 1. The Balaban J connectivity index is 2.51. The van der Waals surface area contributed by atoms with Crippen LogP contribution in [0.25, 0.3) is 10.9 Å². The highest BCUT2D eigenvalue weighted by Gasteiger charge is 2.06. The van der Waals surface area contributed by atoms with E-state index in [1.54, 1.807) is 18.1 Å². The summed E-state index contributed by atoms with van der Waals surface area (Å²) >= 11 is 0. The van der Waals surface area contributed by atoms with Gasteiger partial charge in [-0.15, -0.1) is 0 Å². The van der Waals surface area contributed by atoms with Gasteiger partial charge >= 0.3 is 0 Å². The van der Waals surface area contributed by atoms with Crippen LogP contribution in [0.3, 0.4) is 0 Å². The lowest BCUT2D eigenvalue weighted by Gasteiger charge is -2.14. The van der Waals surface area contributed by atoms with Crippen molar-refractivity contribution in [1.82, 2.24) is 4.98 Å². The van der Waals surface area contributed by atoms with Crippen LogP contribution in [0.2, 0.25) is 0 Å². The Hall–Kier alpha value is -1.90. The molecule has 76 valence electrons. The topological polar surface area (TPSA) is 33.2 Å². The smallest absolute Gasteiger partial charge is 0.223 e. The van der Waals surface area contributed by atoms with Crippen LogP contribution in [0.4, 0.5) is 5.69 Å². The van der Waals surface area contributed by atoms with Crippen molar-refractivity contribution in [3.63, 3.8) is 0 Å². The highest BCUT2D eigenvalue weighted by Crippen LogP contribution is 2.18. The Kier molecular flexibility index (Phi) is 2.37. The van der Waals surface area contributed by atoms with Gasteiger partial charge in [0, 0.05) is 19.4 Å². The van der Waals surface area contributed by atoms with Crippen LogP contribution in [0.5, 0.6) is 0 Å². The minimum atomic E-state index is 0.00656. The molecule has 0 aliphatic carbocycles. The summed E-state index contributed by atoms with van der Waals surface area (Å²) in [6, 6.07) is 9.81. The first kappa shape index (κ1) is 9.65. The molecule has 15 heavy (non-hydrogen) atoms. The molecular weight excluding hydrogens is 188 g/mol. The number of hydrogen-bond donors (Lipinski definition) is 0. The first-order valence-corrected chi connectivity index (χ1v) is 4.77. The fourth-order valence-corrected chi connectivity index (χ4v) is 1.42. The van der Waals surface area contributed by atoms with Crippen molar-refractivity contribution in [2.75, 3.05) is 11.9 Å². The lowest BCUT2D eigenvalue weighted by atomic mass is 10.2. The van der Waals surface area contributed by atoms with Crippen LogP contribution in [0, 0.1) is 0 Å².